The van der Waals surface area contributed by atoms with Crippen LogP contribution in [-0.4, -0.2) is 52.9 Å². The van der Waals surface area contributed by atoms with E-state index in [2.05, 4.69) is 12.6 Å². The minimum atomic E-state index is -0.891. The van der Waals surface area contributed by atoms with E-state index in [4.69, 9.17) is 9.47 Å². The molecule has 3 aliphatic heterocycles. The van der Waals surface area contributed by atoms with Crippen LogP contribution in [0.1, 0.15) is 20.3 Å². The molecule has 7 heteroatoms. The monoisotopic (exact) mass is 350 g/mol. The number of likely N-dealkylation sites (N-methyl/N-ethyl adjacent to an activating group) is 1. The molecule has 24 heavy (non-hydrogen) atoms. The van der Waals surface area contributed by atoms with Crippen LogP contribution in [0, 0.1) is 5.92 Å². The van der Waals surface area contributed by atoms with Gasteiger partial charge < -0.3 is 19.3 Å². The molecule has 0 aliphatic carbocycles. The second kappa shape index (κ2) is 6.20. The fourth-order valence-electron chi connectivity index (χ4n) is 3.29. The summed E-state index contributed by atoms with van der Waals surface area (Å²) in [7, 11) is 1.67. The molecule has 3 heterocycles. The Kier molecular flexibility index (Phi) is 4.38. The Morgan fingerprint density at radius 1 is 1.17 bits per heavy atom. The normalized spacial score (nSPS) is 30.8. The maximum absolute atomic E-state index is 12.1. The van der Waals surface area contributed by atoms with Crippen molar-refractivity contribution in [2.24, 2.45) is 5.92 Å². The summed E-state index contributed by atoms with van der Waals surface area (Å²) in [6, 6.07) is 7.27. The fourth-order valence-corrected chi connectivity index (χ4v) is 3.94. The molecule has 2 amide bonds. The van der Waals surface area contributed by atoms with Gasteiger partial charge in [0.25, 0.3) is 5.91 Å². The molecule has 3 aliphatic rings. The Balaban J connectivity index is 0.000000159. The van der Waals surface area contributed by atoms with Crippen molar-refractivity contribution in [2.75, 3.05) is 20.4 Å². The second-order valence-electron chi connectivity index (χ2n) is 6.52. The van der Waals surface area contributed by atoms with Crippen LogP contribution in [-0.2, 0) is 9.59 Å². The molecule has 2 fully saturated rings. The maximum Gasteiger partial charge on any atom is 0.259 e. The predicted molar refractivity (Wildman–Crippen MR) is 92.0 cm³/mol. The molecule has 130 valence electrons. The van der Waals surface area contributed by atoms with E-state index in [0.717, 1.165) is 11.5 Å². The highest BCUT2D eigenvalue weighted by molar-refractivity contribution is 7.82. The van der Waals surface area contributed by atoms with Gasteiger partial charge in [-0.1, -0.05) is 19.1 Å². The summed E-state index contributed by atoms with van der Waals surface area (Å²) in [5, 5.41) is 0. The molecule has 6 nitrogen and oxygen atoms in total. The van der Waals surface area contributed by atoms with E-state index in [1.807, 2.05) is 31.2 Å². The Bertz CT molecular complexity index is 645. The Hall–Kier alpha value is -1.89. The number of ether oxygens (including phenoxy) is 2. The molecule has 0 N–H and O–H groups in total. The summed E-state index contributed by atoms with van der Waals surface area (Å²) in [5.74, 6) is 1.99. The van der Waals surface area contributed by atoms with Crippen molar-refractivity contribution < 1.29 is 19.1 Å². The number of rotatable bonds is 0. The molecule has 1 aromatic rings. The first-order valence-electron chi connectivity index (χ1n) is 8.00. The molecule has 0 radical (unpaired) electrons. The number of carbonyl (C=O) groups excluding carboxylic acids is 2. The minimum absolute atomic E-state index is 0.0106. The van der Waals surface area contributed by atoms with Crippen molar-refractivity contribution in [1.29, 1.82) is 0 Å². The summed E-state index contributed by atoms with van der Waals surface area (Å²) >= 11 is 4.43. The number of benzene rings is 1. The fraction of sp³-hybridized carbons (Fsp3) is 0.529. The molecule has 4 rings (SSSR count). The van der Waals surface area contributed by atoms with E-state index in [9.17, 15) is 9.59 Å². The van der Waals surface area contributed by atoms with Crippen LogP contribution in [0.2, 0.25) is 0 Å². The van der Waals surface area contributed by atoms with Crippen LogP contribution in [0.4, 0.5) is 0 Å². The standard InChI is InChI=1S/C10H16N2O2S.C7H6O2/c1-6-4-10(15)9(14)11(3)7(2)8(13)12(10)5-6;1-2-4-7-6(3-1)8-5-9-7/h6-7,15H,4-5H2,1-3H3;1-4H,5H2/t6?,7?,10-;/m1./s1. The molecule has 2 unspecified atom stereocenters. The number of thiol groups is 1. The highest BCUT2D eigenvalue weighted by Gasteiger charge is 2.56. The van der Waals surface area contributed by atoms with E-state index < -0.39 is 4.87 Å². The zero-order chi connectivity index (χ0) is 17.5. The van der Waals surface area contributed by atoms with Crippen LogP contribution in [0.25, 0.3) is 0 Å². The average molecular weight is 350 g/mol. The van der Waals surface area contributed by atoms with Gasteiger partial charge in [-0.2, -0.15) is 0 Å². The highest BCUT2D eigenvalue weighted by atomic mass is 32.1. The minimum Gasteiger partial charge on any atom is -0.454 e. The predicted octanol–water partition coefficient (Wildman–Crippen LogP) is 1.76. The van der Waals surface area contributed by atoms with Crippen LogP contribution in [0.3, 0.4) is 0 Å². The summed E-state index contributed by atoms with van der Waals surface area (Å²) in [5.41, 5.74) is 0. The highest BCUT2D eigenvalue weighted by Crippen LogP contribution is 2.41. The number of hydrogen-bond donors (Lipinski definition) is 1. The van der Waals surface area contributed by atoms with Crippen molar-refractivity contribution in [2.45, 2.75) is 31.2 Å². The molecule has 3 atom stereocenters. The topological polar surface area (TPSA) is 59.1 Å². The van der Waals surface area contributed by atoms with Gasteiger partial charge in [-0.15, -0.1) is 12.6 Å². The van der Waals surface area contributed by atoms with Crippen molar-refractivity contribution in [1.82, 2.24) is 9.80 Å². The van der Waals surface area contributed by atoms with Crippen LogP contribution >= 0.6 is 12.6 Å². The zero-order valence-electron chi connectivity index (χ0n) is 14.1. The molecule has 1 aromatic carbocycles. The van der Waals surface area contributed by atoms with Gasteiger partial charge in [-0.05, 0) is 31.4 Å². The molecule has 0 saturated carbocycles. The van der Waals surface area contributed by atoms with Gasteiger partial charge >= 0.3 is 0 Å². The zero-order valence-corrected chi connectivity index (χ0v) is 15.0. The number of fused-ring (bicyclic) bond motifs is 2. The van der Waals surface area contributed by atoms with E-state index in [0.29, 0.717) is 25.7 Å². The van der Waals surface area contributed by atoms with E-state index in [1.54, 1.807) is 18.9 Å². The molecule has 0 spiro atoms. The smallest absolute Gasteiger partial charge is 0.259 e. The number of hydrogen-bond acceptors (Lipinski definition) is 5. The third kappa shape index (κ3) is 2.70. The summed E-state index contributed by atoms with van der Waals surface area (Å²) < 4.78 is 10.2. The Morgan fingerprint density at radius 2 is 1.75 bits per heavy atom. The number of nitrogens with zero attached hydrogens (tertiary/aromatic N) is 2. The van der Waals surface area contributed by atoms with E-state index >= 15 is 0 Å². The number of carbonyl (C=O) groups is 2. The van der Waals surface area contributed by atoms with Gasteiger partial charge in [0.1, 0.15) is 6.04 Å². The van der Waals surface area contributed by atoms with Crippen LogP contribution < -0.4 is 9.47 Å². The molecular formula is C17H22N2O4S. The van der Waals surface area contributed by atoms with E-state index in [1.165, 1.54) is 4.90 Å². The summed E-state index contributed by atoms with van der Waals surface area (Å²) in [6.07, 6.45) is 0.651. The first-order valence-corrected chi connectivity index (χ1v) is 8.45. The summed E-state index contributed by atoms with van der Waals surface area (Å²) in [6.45, 7) is 4.81. The maximum atomic E-state index is 12.1. The first kappa shape index (κ1) is 17.0. The van der Waals surface area contributed by atoms with Gasteiger partial charge in [0.2, 0.25) is 12.7 Å². The molecule has 0 bridgehead atoms. The van der Waals surface area contributed by atoms with Crippen LogP contribution in [0.15, 0.2) is 24.3 Å². The lowest BCUT2D eigenvalue weighted by Crippen LogP contribution is -2.65. The van der Waals surface area contributed by atoms with Crippen molar-refractivity contribution in [3.8, 4) is 11.5 Å². The number of piperazine rings is 1. The molecular weight excluding hydrogens is 328 g/mol. The molecule has 0 aromatic heterocycles. The third-order valence-electron chi connectivity index (χ3n) is 4.72. The van der Waals surface area contributed by atoms with Gasteiger partial charge in [-0.25, -0.2) is 0 Å². The van der Waals surface area contributed by atoms with Crippen molar-refractivity contribution in [3.63, 3.8) is 0 Å². The first-order chi connectivity index (χ1) is 11.3. The van der Waals surface area contributed by atoms with Gasteiger partial charge in [0, 0.05) is 13.6 Å². The largest absolute Gasteiger partial charge is 0.454 e. The van der Waals surface area contributed by atoms with Gasteiger partial charge in [-0.3, -0.25) is 9.59 Å². The second-order valence-corrected chi connectivity index (χ2v) is 7.26. The SMILES string of the molecule is CC1CN2C(=O)C(C)N(C)C(=O)[C@]2(S)C1.c1ccc2c(c1)OCO2. The van der Waals surface area contributed by atoms with Gasteiger partial charge in [0.15, 0.2) is 16.4 Å². The third-order valence-corrected chi connectivity index (χ3v) is 5.33. The van der Waals surface area contributed by atoms with Gasteiger partial charge in [0.05, 0.1) is 0 Å². The number of amides is 2. The lowest BCUT2D eigenvalue weighted by molar-refractivity contribution is -0.158. The lowest BCUT2D eigenvalue weighted by atomic mass is 10.0. The molecule has 2 saturated heterocycles. The Morgan fingerprint density at radius 3 is 2.33 bits per heavy atom. The van der Waals surface area contributed by atoms with Crippen molar-refractivity contribution >= 4 is 24.4 Å². The number of para-hydroxylation sites is 2. The van der Waals surface area contributed by atoms with E-state index in [-0.39, 0.29) is 17.9 Å². The summed E-state index contributed by atoms with van der Waals surface area (Å²) in [4.78, 5) is 26.3. The van der Waals surface area contributed by atoms with Crippen LogP contribution in [0.5, 0.6) is 11.5 Å². The lowest BCUT2D eigenvalue weighted by Gasteiger charge is -2.44. The average Bonchev–Trinajstić information content (AvgIpc) is 3.16. The quantitative estimate of drug-likeness (QED) is 0.725. The Labute approximate surface area is 147 Å². The van der Waals surface area contributed by atoms with Crippen molar-refractivity contribution in [3.05, 3.63) is 24.3 Å².